The molecule has 90 valence electrons. The second kappa shape index (κ2) is 6.83. The zero-order valence-electron chi connectivity index (χ0n) is 10.9. The molecule has 0 rings (SSSR count). The summed E-state index contributed by atoms with van der Waals surface area (Å²) in [7, 11) is 1.84. The van der Waals surface area contributed by atoms with Crippen LogP contribution in [0.15, 0.2) is 0 Å². The molecule has 0 heterocycles. The number of carbonyl (C=O) groups excluding carboxylic acids is 1. The monoisotopic (exact) mass is 214 g/mol. The van der Waals surface area contributed by atoms with E-state index in [1.54, 1.807) is 4.90 Å². The third-order valence-corrected chi connectivity index (χ3v) is 3.55. The zero-order chi connectivity index (χ0) is 11.9. The fraction of sp³-hybridized carbons (Fsp3) is 0.917. The molecule has 0 radical (unpaired) electrons. The lowest BCUT2D eigenvalue weighted by atomic mass is 9.90. The number of nitrogens with one attached hydrogen (secondary N) is 1. The summed E-state index contributed by atoms with van der Waals surface area (Å²) < 4.78 is 0. The van der Waals surface area contributed by atoms with Gasteiger partial charge < -0.3 is 10.2 Å². The number of nitrogens with zero attached hydrogens (tertiary/aromatic N) is 1. The van der Waals surface area contributed by atoms with E-state index in [4.69, 9.17) is 0 Å². The predicted octanol–water partition coefficient (Wildman–Crippen LogP) is 2.02. The number of hydrogen-bond acceptors (Lipinski definition) is 2. The minimum Gasteiger partial charge on any atom is -0.345 e. The van der Waals surface area contributed by atoms with E-state index in [-0.39, 0.29) is 11.4 Å². The topological polar surface area (TPSA) is 32.3 Å². The summed E-state index contributed by atoms with van der Waals surface area (Å²) in [5.74, 6) is 0.178. The standard InChI is InChI=1S/C12H26N2O/c1-6-12(7-2,8-3)13-10-11(15)14(5)9-4/h13H,6-10H2,1-5H3. The van der Waals surface area contributed by atoms with Crippen molar-refractivity contribution < 1.29 is 4.79 Å². The number of hydrogen-bond donors (Lipinski definition) is 1. The van der Waals surface area contributed by atoms with Gasteiger partial charge in [-0.3, -0.25) is 4.79 Å². The van der Waals surface area contributed by atoms with Crippen molar-refractivity contribution in [3.8, 4) is 0 Å². The van der Waals surface area contributed by atoms with Gasteiger partial charge in [-0.05, 0) is 26.2 Å². The van der Waals surface area contributed by atoms with E-state index in [1.807, 2.05) is 14.0 Å². The third kappa shape index (κ3) is 4.20. The molecule has 0 aliphatic carbocycles. The molecule has 3 nitrogen and oxygen atoms in total. The highest BCUT2D eigenvalue weighted by Crippen LogP contribution is 2.18. The second-order valence-corrected chi connectivity index (χ2v) is 4.10. The van der Waals surface area contributed by atoms with E-state index in [1.165, 1.54) is 0 Å². The van der Waals surface area contributed by atoms with Gasteiger partial charge in [-0.1, -0.05) is 20.8 Å². The van der Waals surface area contributed by atoms with Gasteiger partial charge in [0.15, 0.2) is 0 Å². The first-order chi connectivity index (χ1) is 7.05. The highest BCUT2D eigenvalue weighted by molar-refractivity contribution is 5.78. The normalized spacial score (nSPS) is 11.5. The van der Waals surface area contributed by atoms with Crippen molar-refractivity contribution >= 4 is 5.91 Å². The smallest absolute Gasteiger partial charge is 0.236 e. The summed E-state index contributed by atoms with van der Waals surface area (Å²) in [6.07, 6.45) is 3.22. The molecule has 0 atom stereocenters. The first-order valence-electron chi connectivity index (χ1n) is 6.04. The predicted molar refractivity (Wildman–Crippen MR) is 64.9 cm³/mol. The van der Waals surface area contributed by atoms with Crippen LogP contribution in [0.3, 0.4) is 0 Å². The minimum atomic E-state index is 0.143. The lowest BCUT2D eigenvalue weighted by Crippen LogP contribution is -2.48. The average Bonchev–Trinajstić information content (AvgIpc) is 2.30. The molecule has 0 aromatic carbocycles. The molecule has 0 unspecified atom stereocenters. The number of rotatable bonds is 7. The molecule has 0 fully saturated rings. The van der Waals surface area contributed by atoms with Gasteiger partial charge in [0.2, 0.25) is 5.91 Å². The second-order valence-electron chi connectivity index (χ2n) is 4.10. The van der Waals surface area contributed by atoms with E-state index < -0.39 is 0 Å². The van der Waals surface area contributed by atoms with Gasteiger partial charge in [-0.25, -0.2) is 0 Å². The van der Waals surface area contributed by atoms with Gasteiger partial charge in [0.25, 0.3) is 0 Å². The summed E-state index contributed by atoms with van der Waals surface area (Å²) in [5, 5.41) is 3.41. The lowest BCUT2D eigenvalue weighted by molar-refractivity contribution is -0.129. The van der Waals surface area contributed by atoms with Gasteiger partial charge in [-0.15, -0.1) is 0 Å². The van der Waals surface area contributed by atoms with Crippen LogP contribution < -0.4 is 5.32 Å². The van der Waals surface area contributed by atoms with Crippen LogP contribution in [0.4, 0.5) is 0 Å². The summed E-state index contributed by atoms with van der Waals surface area (Å²) in [5.41, 5.74) is 0.143. The Morgan fingerprint density at radius 2 is 1.60 bits per heavy atom. The van der Waals surface area contributed by atoms with Crippen LogP contribution in [-0.2, 0) is 4.79 Å². The van der Waals surface area contributed by atoms with Crippen LogP contribution in [0, 0.1) is 0 Å². The fourth-order valence-electron chi connectivity index (χ4n) is 1.70. The van der Waals surface area contributed by atoms with Crippen LogP contribution >= 0.6 is 0 Å². The van der Waals surface area contributed by atoms with E-state index >= 15 is 0 Å². The number of carbonyl (C=O) groups is 1. The molecule has 0 saturated carbocycles. The molecule has 1 N–H and O–H groups in total. The van der Waals surface area contributed by atoms with Gasteiger partial charge in [0.1, 0.15) is 0 Å². The van der Waals surface area contributed by atoms with Gasteiger partial charge in [-0.2, -0.15) is 0 Å². The Morgan fingerprint density at radius 1 is 1.13 bits per heavy atom. The Kier molecular flexibility index (Phi) is 6.57. The summed E-state index contributed by atoms with van der Waals surface area (Å²) >= 11 is 0. The van der Waals surface area contributed by atoms with Crippen molar-refractivity contribution in [2.45, 2.75) is 52.5 Å². The lowest BCUT2D eigenvalue weighted by Gasteiger charge is -2.32. The van der Waals surface area contributed by atoms with Crippen molar-refractivity contribution in [3.05, 3.63) is 0 Å². The summed E-state index contributed by atoms with van der Waals surface area (Å²) in [6.45, 7) is 9.75. The van der Waals surface area contributed by atoms with E-state index in [2.05, 4.69) is 26.1 Å². The maximum Gasteiger partial charge on any atom is 0.236 e. The first kappa shape index (κ1) is 14.4. The van der Waals surface area contributed by atoms with E-state index in [0.29, 0.717) is 6.54 Å². The van der Waals surface area contributed by atoms with Crippen LogP contribution in [0.5, 0.6) is 0 Å². The van der Waals surface area contributed by atoms with Crippen molar-refractivity contribution in [1.82, 2.24) is 10.2 Å². The molecule has 0 aromatic heterocycles. The highest BCUT2D eigenvalue weighted by Gasteiger charge is 2.24. The molecule has 0 saturated heterocycles. The molecule has 0 aliphatic rings. The average molecular weight is 214 g/mol. The van der Waals surface area contributed by atoms with Crippen LogP contribution in [0.1, 0.15) is 47.0 Å². The van der Waals surface area contributed by atoms with Gasteiger partial charge >= 0.3 is 0 Å². The minimum absolute atomic E-state index is 0.143. The van der Waals surface area contributed by atoms with Crippen LogP contribution in [0.25, 0.3) is 0 Å². The summed E-state index contributed by atoms with van der Waals surface area (Å²) in [4.78, 5) is 13.4. The van der Waals surface area contributed by atoms with Crippen molar-refractivity contribution in [1.29, 1.82) is 0 Å². The Balaban J connectivity index is 4.16. The molecule has 3 heteroatoms. The first-order valence-corrected chi connectivity index (χ1v) is 6.04. The van der Waals surface area contributed by atoms with Gasteiger partial charge in [0, 0.05) is 19.1 Å². The van der Waals surface area contributed by atoms with Crippen molar-refractivity contribution in [3.63, 3.8) is 0 Å². The fourth-order valence-corrected chi connectivity index (χ4v) is 1.70. The highest BCUT2D eigenvalue weighted by atomic mass is 16.2. The molecular weight excluding hydrogens is 188 g/mol. The third-order valence-electron chi connectivity index (χ3n) is 3.55. The Labute approximate surface area is 94.2 Å². The van der Waals surface area contributed by atoms with E-state index in [0.717, 1.165) is 25.8 Å². The molecule has 0 aromatic rings. The van der Waals surface area contributed by atoms with Crippen LogP contribution in [0.2, 0.25) is 0 Å². The van der Waals surface area contributed by atoms with Crippen LogP contribution in [-0.4, -0.2) is 36.5 Å². The van der Waals surface area contributed by atoms with E-state index in [9.17, 15) is 4.79 Å². The molecule has 15 heavy (non-hydrogen) atoms. The Bertz CT molecular complexity index is 180. The molecular formula is C12H26N2O. The molecule has 0 aliphatic heterocycles. The molecule has 0 bridgehead atoms. The largest absolute Gasteiger partial charge is 0.345 e. The molecule has 1 amide bonds. The quantitative estimate of drug-likeness (QED) is 0.703. The maximum atomic E-state index is 11.6. The Hall–Kier alpha value is -0.570. The zero-order valence-corrected chi connectivity index (χ0v) is 10.9. The maximum absolute atomic E-state index is 11.6. The number of amides is 1. The SMILES string of the molecule is CCN(C)C(=O)CNC(CC)(CC)CC. The Morgan fingerprint density at radius 3 is 1.93 bits per heavy atom. The molecule has 0 spiro atoms. The van der Waals surface area contributed by atoms with Gasteiger partial charge in [0.05, 0.1) is 6.54 Å². The summed E-state index contributed by atoms with van der Waals surface area (Å²) in [6, 6.07) is 0. The van der Waals surface area contributed by atoms with Crippen molar-refractivity contribution in [2.75, 3.05) is 20.1 Å². The van der Waals surface area contributed by atoms with Crippen molar-refractivity contribution in [2.24, 2.45) is 0 Å². The number of likely N-dealkylation sites (N-methyl/N-ethyl adjacent to an activating group) is 1.